The second-order valence-electron chi connectivity index (χ2n) is 13.0. The van der Waals surface area contributed by atoms with Crippen molar-refractivity contribution in [3.63, 3.8) is 0 Å². The summed E-state index contributed by atoms with van der Waals surface area (Å²) in [5.41, 5.74) is 3.80. The van der Waals surface area contributed by atoms with E-state index in [0.29, 0.717) is 26.4 Å². The van der Waals surface area contributed by atoms with Crippen molar-refractivity contribution >= 4 is 0 Å². The molecule has 0 spiro atoms. The molecule has 0 aliphatic heterocycles. The number of likely N-dealkylation sites (N-methyl/N-ethyl adjacent to an activating group) is 1. The molecule has 0 atom stereocenters. The second kappa shape index (κ2) is 13.5. The summed E-state index contributed by atoms with van der Waals surface area (Å²) in [4.78, 5) is 0. The van der Waals surface area contributed by atoms with Gasteiger partial charge in [-0.3, -0.25) is 0 Å². The number of hydrogen-bond acceptors (Lipinski definition) is 3. The van der Waals surface area contributed by atoms with E-state index in [1.54, 1.807) is 6.07 Å². The van der Waals surface area contributed by atoms with Crippen molar-refractivity contribution in [1.29, 1.82) is 0 Å². The van der Waals surface area contributed by atoms with E-state index in [1.807, 2.05) is 18.2 Å². The Hall–Kier alpha value is -2.89. The fraction of sp³-hybridized carbons (Fsp3) is 0.471. The summed E-state index contributed by atoms with van der Waals surface area (Å²) >= 11 is 0. The lowest BCUT2D eigenvalue weighted by molar-refractivity contribution is -0.904. The standard InChI is InChI=1S/C34H47FNO3/c1-33(2,3)26-34(4,5)29-13-17-31(18-14-29)38-22-21-37-20-19-36(6,7)24-27-11-15-32(16-12-27)39-25-28-9-8-10-30(35)23-28/h8-18,23H,19-22,24-26H2,1-7H3/q+1. The third-order valence-corrected chi connectivity index (χ3v) is 6.77. The molecule has 0 heterocycles. The number of rotatable bonds is 14. The molecule has 0 fully saturated rings. The highest BCUT2D eigenvalue weighted by molar-refractivity contribution is 5.32. The Bertz CT molecular complexity index is 1150. The molecule has 4 nitrogen and oxygen atoms in total. The highest BCUT2D eigenvalue weighted by Gasteiger charge is 2.27. The van der Waals surface area contributed by atoms with Gasteiger partial charge in [0.05, 0.1) is 27.3 Å². The molecule has 0 unspecified atom stereocenters. The molecule has 5 heteroatoms. The van der Waals surface area contributed by atoms with Crippen LogP contribution in [0.5, 0.6) is 11.5 Å². The van der Waals surface area contributed by atoms with Crippen LogP contribution in [0, 0.1) is 11.2 Å². The minimum absolute atomic E-state index is 0.130. The number of quaternary nitrogens is 1. The molecule has 3 aromatic carbocycles. The van der Waals surface area contributed by atoms with Gasteiger partial charge in [0.1, 0.15) is 43.6 Å². The van der Waals surface area contributed by atoms with Crippen molar-refractivity contribution in [2.45, 2.75) is 59.6 Å². The summed E-state index contributed by atoms with van der Waals surface area (Å²) in [7, 11) is 4.41. The van der Waals surface area contributed by atoms with Crippen molar-refractivity contribution in [1.82, 2.24) is 0 Å². The normalized spacial score (nSPS) is 12.4. The lowest BCUT2D eigenvalue weighted by Crippen LogP contribution is -2.41. The molecular weight excluding hydrogens is 489 g/mol. The highest BCUT2D eigenvalue weighted by atomic mass is 19.1. The van der Waals surface area contributed by atoms with Crippen LogP contribution in [0.25, 0.3) is 0 Å². The molecule has 0 amide bonds. The van der Waals surface area contributed by atoms with Crippen LogP contribution in [-0.4, -0.2) is 44.9 Å². The lowest BCUT2D eigenvalue weighted by Gasteiger charge is -2.33. The zero-order chi connectivity index (χ0) is 28.5. The van der Waals surface area contributed by atoms with Crippen LogP contribution in [0.1, 0.15) is 57.7 Å². The van der Waals surface area contributed by atoms with Gasteiger partial charge in [0, 0.05) is 5.56 Å². The Morgan fingerprint density at radius 2 is 1.36 bits per heavy atom. The van der Waals surface area contributed by atoms with Crippen molar-refractivity contribution in [2.75, 3.05) is 40.5 Å². The van der Waals surface area contributed by atoms with Gasteiger partial charge in [-0.1, -0.05) is 58.9 Å². The molecule has 0 bridgehead atoms. The predicted molar refractivity (Wildman–Crippen MR) is 158 cm³/mol. The van der Waals surface area contributed by atoms with E-state index in [-0.39, 0.29) is 16.6 Å². The van der Waals surface area contributed by atoms with Gasteiger partial charge in [-0.25, -0.2) is 4.39 Å². The Labute approximate surface area is 235 Å². The van der Waals surface area contributed by atoms with Gasteiger partial charge in [-0.2, -0.15) is 0 Å². The lowest BCUT2D eigenvalue weighted by atomic mass is 9.72. The molecule has 0 saturated carbocycles. The van der Waals surface area contributed by atoms with Gasteiger partial charge in [0.25, 0.3) is 0 Å². The van der Waals surface area contributed by atoms with E-state index in [4.69, 9.17) is 14.2 Å². The van der Waals surface area contributed by atoms with Crippen LogP contribution >= 0.6 is 0 Å². The molecule has 212 valence electrons. The number of ether oxygens (including phenoxy) is 3. The number of halogens is 1. The molecular formula is C34H47FNO3+. The number of benzene rings is 3. The van der Waals surface area contributed by atoms with Crippen LogP contribution in [0.2, 0.25) is 0 Å². The highest BCUT2D eigenvalue weighted by Crippen LogP contribution is 2.36. The Morgan fingerprint density at radius 1 is 0.718 bits per heavy atom. The molecule has 0 aliphatic rings. The van der Waals surface area contributed by atoms with Crippen LogP contribution in [0.4, 0.5) is 4.39 Å². The summed E-state index contributed by atoms with van der Waals surface area (Å²) in [6, 6.07) is 23.1. The average Bonchev–Trinajstić information content (AvgIpc) is 2.84. The van der Waals surface area contributed by atoms with Gasteiger partial charge in [0.2, 0.25) is 0 Å². The molecule has 3 aromatic rings. The van der Waals surface area contributed by atoms with E-state index in [2.05, 4.69) is 85.1 Å². The van der Waals surface area contributed by atoms with E-state index in [1.165, 1.54) is 23.3 Å². The minimum atomic E-state index is -0.246. The first-order chi connectivity index (χ1) is 18.3. The predicted octanol–water partition coefficient (Wildman–Crippen LogP) is 7.79. The van der Waals surface area contributed by atoms with E-state index < -0.39 is 0 Å². The van der Waals surface area contributed by atoms with E-state index >= 15 is 0 Å². The van der Waals surface area contributed by atoms with Crippen LogP contribution in [0.3, 0.4) is 0 Å². The maximum atomic E-state index is 13.3. The summed E-state index contributed by atoms with van der Waals surface area (Å²) in [5, 5.41) is 0. The molecule has 3 rings (SSSR count). The second-order valence-corrected chi connectivity index (χ2v) is 13.0. The molecule has 0 aliphatic carbocycles. The van der Waals surface area contributed by atoms with Crippen molar-refractivity contribution in [2.24, 2.45) is 5.41 Å². The van der Waals surface area contributed by atoms with Crippen molar-refractivity contribution < 1.29 is 23.1 Å². The maximum Gasteiger partial charge on any atom is 0.123 e. The zero-order valence-electron chi connectivity index (χ0n) is 24.9. The van der Waals surface area contributed by atoms with Gasteiger partial charge in [-0.15, -0.1) is 0 Å². The Kier molecular flexibility index (Phi) is 10.6. The summed E-state index contributed by atoms with van der Waals surface area (Å²) in [6.45, 7) is 15.4. The smallest absolute Gasteiger partial charge is 0.123 e. The number of hydrogen-bond donors (Lipinski definition) is 0. The van der Waals surface area contributed by atoms with Crippen molar-refractivity contribution in [3.8, 4) is 11.5 Å². The Morgan fingerprint density at radius 3 is 2.00 bits per heavy atom. The maximum absolute atomic E-state index is 13.3. The molecule has 0 saturated heterocycles. The third kappa shape index (κ3) is 11.0. The number of nitrogens with zero attached hydrogens (tertiary/aromatic N) is 1. The SMILES string of the molecule is CC(C)(C)CC(C)(C)c1ccc(OCCOCC[N+](C)(C)Cc2ccc(OCc3cccc(F)c3)cc2)cc1. The van der Waals surface area contributed by atoms with Crippen LogP contribution in [0.15, 0.2) is 72.8 Å². The van der Waals surface area contributed by atoms with Crippen LogP contribution in [-0.2, 0) is 23.3 Å². The van der Waals surface area contributed by atoms with Gasteiger partial charge in [-0.05, 0) is 76.9 Å². The molecule has 0 aromatic heterocycles. The summed E-state index contributed by atoms with van der Waals surface area (Å²) in [5.74, 6) is 1.41. The largest absolute Gasteiger partial charge is 0.491 e. The topological polar surface area (TPSA) is 27.7 Å². The van der Waals surface area contributed by atoms with E-state index in [0.717, 1.165) is 41.1 Å². The van der Waals surface area contributed by atoms with Crippen LogP contribution < -0.4 is 9.47 Å². The first-order valence-corrected chi connectivity index (χ1v) is 13.9. The third-order valence-electron chi connectivity index (χ3n) is 6.77. The summed E-state index contributed by atoms with van der Waals surface area (Å²) in [6.07, 6.45) is 1.13. The average molecular weight is 537 g/mol. The quantitative estimate of drug-likeness (QED) is 0.155. The molecule has 0 N–H and O–H groups in total. The zero-order valence-corrected chi connectivity index (χ0v) is 24.9. The van der Waals surface area contributed by atoms with Gasteiger partial charge < -0.3 is 18.7 Å². The summed E-state index contributed by atoms with van der Waals surface area (Å²) < 4.78 is 31.7. The molecule has 39 heavy (non-hydrogen) atoms. The fourth-order valence-corrected chi connectivity index (χ4v) is 5.12. The van der Waals surface area contributed by atoms with Gasteiger partial charge >= 0.3 is 0 Å². The first kappa shape index (κ1) is 30.6. The van der Waals surface area contributed by atoms with E-state index in [9.17, 15) is 4.39 Å². The van der Waals surface area contributed by atoms with Gasteiger partial charge in [0.15, 0.2) is 0 Å². The first-order valence-electron chi connectivity index (χ1n) is 13.9. The van der Waals surface area contributed by atoms with Crippen molar-refractivity contribution in [3.05, 3.63) is 95.3 Å². The molecule has 0 radical (unpaired) electrons. The monoisotopic (exact) mass is 536 g/mol. The Balaban J connectivity index is 1.34. The fourth-order valence-electron chi connectivity index (χ4n) is 5.12. The minimum Gasteiger partial charge on any atom is -0.491 e.